The van der Waals surface area contributed by atoms with Crippen LogP contribution in [-0.2, 0) is 26.0 Å². The number of amides is 3. The number of carbonyl (C=O) groups excluding carboxylic acids is 3. The van der Waals surface area contributed by atoms with Crippen LogP contribution in [0.2, 0.25) is 5.02 Å². The molecule has 43 heavy (non-hydrogen) atoms. The van der Waals surface area contributed by atoms with E-state index in [-0.39, 0.29) is 35.2 Å². The van der Waals surface area contributed by atoms with E-state index in [4.69, 9.17) is 16.0 Å². The molecule has 0 saturated heterocycles. The molecule has 0 unspecified atom stereocenters. The van der Waals surface area contributed by atoms with Gasteiger partial charge in [0, 0.05) is 17.3 Å². The Labute approximate surface area is 254 Å². The zero-order valence-corrected chi connectivity index (χ0v) is 25.0. The molecule has 0 saturated carbocycles. The first-order valence-corrected chi connectivity index (χ1v) is 15.3. The summed E-state index contributed by atoms with van der Waals surface area (Å²) in [5, 5.41) is 8.69. The number of halogens is 1. The Kier molecular flexibility index (Phi) is 8.56. The number of nitrogens with one attached hydrogen (secondary N) is 3. The highest BCUT2D eigenvalue weighted by Crippen LogP contribution is 2.38. The van der Waals surface area contributed by atoms with Gasteiger partial charge in [0.15, 0.2) is 5.76 Å². The molecule has 3 amide bonds. The first-order valence-electron chi connectivity index (χ1n) is 13.5. The van der Waals surface area contributed by atoms with Gasteiger partial charge < -0.3 is 20.4 Å². The summed E-state index contributed by atoms with van der Waals surface area (Å²) in [5.41, 5.74) is 3.09. The number of nitrogens with zero attached hydrogens (tertiary/aromatic N) is 1. The maximum atomic E-state index is 14.1. The zero-order valence-electron chi connectivity index (χ0n) is 23.4. The van der Waals surface area contributed by atoms with Gasteiger partial charge in [-0.15, -0.1) is 0 Å². The number of aryl methyl sites for hydroxylation is 2. The van der Waals surface area contributed by atoms with Crippen molar-refractivity contribution in [2.75, 3.05) is 21.5 Å². The normalized spacial score (nSPS) is 14.5. The predicted octanol–water partition coefficient (Wildman–Crippen LogP) is 5.07. The quantitative estimate of drug-likeness (QED) is 0.239. The largest absolute Gasteiger partial charge is 0.459 e. The van der Waals surface area contributed by atoms with Crippen molar-refractivity contribution in [3.8, 4) is 0 Å². The molecule has 2 heterocycles. The molecule has 3 N–H and O–H groups in total. The number of hydrogen-bond donors (Lipinski definition) is 3. The van der Waals surface area contributed by atoms with E-state index >= 15 is 0 Å². The lowest BCUT2D eigenvalue weighted by Gasteiger charge is -2.37. The molecule has 5 rings (SSSR count). The Morgan fingerprint density at radius 1 is 1.00 bits per heavy atom. The fourth-order valence-corrected chi connectivity index (χ4v) is 6.97. The van der Waals surface area contributed by atoms with Crippen LogP contribution in [0.25, 0.3) is 0 Å². The molecule has 12 heteroatoms. The Balaban J connectivity index is 1.28. The second kappa shape index (κ2) is 12.3. The highest BCUT2D eigenvalue weighted by atomic mass is 35.5. The van der Waals surface area contributed by atoms with E-state index < -0.39 is 27.9 Å². The van der Waals surface area contributed by atoms with Gasteiger partial charge in [-0.1, -0.05) is 35.9 Å². The van der Waals surface area contributed by atoms with Crippen LogP contribution in [0.3, 0.4) is 0 Å². The summed E-state index contributed by atoms with van der Waals surface area (Å²) < 4.78 is 34.3. The standard InChI is InChI=1S/C31H29ClN4O6S/c1-19-17-28(20(2)16-23(19)32)43(40,41)36-25-7-4-3-6-24(25)35-30(38)26(36)18-29(37)33-14-13-21-9-11-22(12-10-21)34-31(39)27-8-5-15-42-27/h3-12,15-17,26H,13-14,18H2,1-2H3,(H,33,37)(H,34,39)(H,35,38)/t26-/m1/s1. The van der Waals surface area contributed by atoms with Crippen LogP contribution >= 0.6 is 11.6 Å². The van der Waals surface area contributed by atoms with Gasteiger partial charge in [0.2, 0.25) is 11.8 Å². The van der Waals surface area contributed by atoms with Crippen molar-refractivity contribution in [3.05, 3.63) is 107 Å². The van der Waals surface area contributed by atoms with E-state index in [2.05, 4.69) is 16.0 Å². The van der Waals surface area contributed by atoms with Crippen molar-refractivity contribution in [2.24, 2.45) is 0 Å². The minimum absolute atomic E-state index is 0.00751. The Morgan fingerprint density at radius 3 is 2.47 bits per heavy atom. The zero-order chi connectivity index (χ0) is 30.7. The molecule has 0 bridgehead atoms. The molecule has 0 spiro atoms. The van der Waals surface area contributed by atoms with E-state index in [9.17, 15) is 22.8 Å². The second-order valence-electron chi connectivity index (χ2n) is 10.1. The Hall–Kier alpha value is -4.61. The Morgan fingerprint density at radius 2 is 1.74 bits per heavy atom. The number of benzene rings is 3. The molecule has 3 aromatic carbocycles. The van der Waals surface area contributed by atoms with Gasteiger partial charge in [-0.2, -0.15) is 0 Å². The maximum absolute atomic E-state index is 14.1. The Bertz CT molecular complexity index is 1790. The van der Waals surface area contributed by atoms with Crippen LogP contribution in [0.15, 0.2) is 88.4 Å². The van der Waals surface area contributed by atoms with Gasteiger partial charge in [-0.25, -0.2) is 8.42 Å². The number of anilines is 3. The van der Waals surface area contributed by atoms with Crippen molar-refractivity contribution in [1.82, 2.24) is 5.32 Å². The topological polar surface area (TPSA) is 138 Å². The molecule has 0 fully saturated rings. The fourth-order valence-electron chi connectivity index (χ4n) is 4.82. The number of furan rings is 1. The molecule has 222 valence electrons. The van der Waals surface area contributed by atoms with E-state index in [1.807, 2.05) is 12.1 Å². The average molecular weight is 621 g/mol. The minimum atomic E-state index is -4.27. The summed E-state index contributed by atoms with van der Waals surface area (Å²) in [6.07, 6.45) is 1.51. The first-order chi connectivity index (χ1) is 20.5. The van der Waals surface area contributed by atoms with Gasteiger partial charge in [0.05, 0.1) is 29.0 Å². The van der Waals surface area contributed by atoms with Crippen molar-refractivity contribution in [3.63, 3.8) is 0 Å². The second-order valence-corrected chi connectivity index (χ2v) is 12.3. The summed E-state index contributed by atoms with van der Waals surface area (Å²) in [5.74, 6) is -1.25. The van der Waals surface area contributed by atoms with Gasteiger partial charge in [0.25, 0.3) is 15.9 Å². The summed E-state index contributed by atoms with van der Waals surface area (Å²) in [4.78, 5) is 38.4. The molecular formula is C31H29ClN4O6S. The number of hydrogen-bond acceptors (Lipinski definition) is 6. The van der Waals surface area contributed by atoms with Crippen LogP contribution in [0.5, 0.6) is 0 Å². The summed E-state index contributed by atoms with van der Waals surface area (Å²) in [6, 6.07) is 18.6. The minimum Gasteiger partial charge on any atom is -0.459 e. The van der Waals surface area contributed by atoms with Crippen molar-refractivity contribution in [2.45, 2.75) is 37.6 Å². The summed E-state index contributed by atoms with van der Waals surface area (Å²) in [7, 11) is -4.27. The third-order valence-corrected chi connectivity index (χ3v) is 9.42. The van der Waals surface area contributed by atoms with Crippen LogP contribution in [-0.4, -0.2) is 38.7 Å². The van der Waals surface area contributed by atoms with Gasteiger partial charge >= 0.3 is 0 Å². The molecular weight excluding hydrogens is 592 g/mol. The average Bonchev–Trinajstić information content (AvgIpc) is 3.51. The first kappa shape index (κ1) is 29.9. The molecule has 4 aromatic rings. The molecule has 10 nitrogen and oxygen atoms in total. The number of rotatable bonds is 9. The monoisotopic (exact) mass is 620 g/mol. The lowest BCUT2D eigenvalue weighted by molar-refractivity contribution is -0.125. The van der Waals surface area contributed by atoms with Crippen LogP contribution < -0.4 is 20.3 Å². The van der Waals surface area contributed by atoms with E-state index in [0.29, 0.717) is 33.9 Å². The highest BCUT2D eigenvalue weighted by molar-refractivity contribution is 7.93. The summed E-state index contributed by atoms with van der Waals surface area (Å²) in [6.45, 7) is 3.59. The molecule has 1 atom stereocenters. The van der Waals surface area contributed by atoms with Gasteiger partial charge in [0.1, 0.15) is 6.04 Å². The number of carbonyl (C=O) groups is 3. The van der Waals surface area contributed by atoms with Crippen LogP contribution in [0.1, 0.15) is 33.7 Å². The molecule has 0 aliphatic carbocycles. The highest BCUT2D eigenvalue weighted by Gasteiger charge is 2.42. The fraction of sp³-hybridized carbons (Fsp3) is 0.194. The molecule has 1 aromatic heterocycles. The number of sulfonamides is 1. The maximum Gasteiger partial charge on any atom is 0.291 e. The lowest BCUT2D eigenvalue weighted by Crippen LogP contribution is -2.53. The third-order valence-electron chi connectivity index (χ3n) is 7.05. The van der Waals surface area contributed by atoms with Crippen molar-refractivity contribution >= 4 is 56.4 Å². The van der Waals surface area contributed by atoms with Gasteiger partial charge in [-0.05, 0) is 85.5 Å². The smallest absolute Gasteiger partial charge is 0.291 e. The molecule has 0 radical (unpaired) electrons. The van der Waals surface area contributed by atoms with Crippen molar-refractivity contribution < 1.29 is 27.2 Å². The van der Waals surface area contributed by atoms with Gasteiger partial charge in [-0.3, -0.25) is 18.7 Å². The van der Waals surface area contributed by atoms with Crippen molar-refractivity contribution in [1.29, 1.82) is 0 Å². The third kappa shape index (κ3) is 6.42. The van der Waals surface area contributed by atoms with E-state index in [0.717, 1.165) is 9.87 Å². The lowest BCUT2D eigenvalue weighted by atomic mass is 10.1. The predicted molar refractivity (Wildman–Crippen MR) is 164 cm³/mol. The number of fused-ring (bicyclic) bond motifs is 1. The van der Waals surface area contributed by atoms with E-state index in [1.165, 1.54) is 12.3 Å². The molecule has 1 aliphatic rings. The van der Waals surface area contributed by atoms with E-state index in [1.54, 1.807) is 68.4 Å². The SMILES string of the molecule is Cc1cc(S(=O)(=O)N2c3ccccc3NC(=O)[C@H]2CC(=O)NCCc2ccc(NC(=O)c3ccco3)cc2)c(C)cc1Cl. The number of para-hydroxylation sites is 2. The molecule has 1 aliphatic heterocycles. The van der Waals surface area contributed by atoms with Crippen LogP contribution in [0.4, 0.5) is 17.1 Å². The summed E-state index contributed by atoms with van der Waals surface area (Å²) >= 11 is 6.22. The van der Waals surface area contributed by atoms with Crippen LogP contribution in [0, 0.1) is 13.8 Å².